The Balaban J connectivity index is 1.61. The first kappa shape index (κ1) is 22.5. The molecule has 3 heterocycles. The number of methoxy groups -OCH3 is 2. The van der Waals surface area contributed by atoms with Crippen molar-refractivity contribution in [3.8, 4) is 23.2 Å². The third kappa shape index (κ3) is 5.03. The summed E-state index contributed by atoms with van der Waals surface area (Å²) >= 11 is 1.61. The minimum atomic E-state index is 0.153. The van der Waals surface area contributed by atoms with Crippen molar-refractivity contribution in [3.05, 3.63) is 57.1 Å². The minimum Gasteiger partial charge on any atom is -0.493 e. The van der Waals surface area contributed by atoms with Crippen molar-refractivity contribution < 1.29 is 14.2 Å². The molecule has 0 spiro atoms. The molecule has 0 saturated carbocycles. The summed E-state index contributed by atoms with van der Waals surface area (Å²) < 4.78 is 18.3. The first-order valence-corrected chi connectivity index (χ1v) is 11.0. The average molecular weight is 468 g/mol. The van der Waals surface area contributed by atoms with Crippen molar-refractivity contribution in [2.45, 2.75) is 33.8 Å². The highest BCUT2D eigenvalue weighted by Gasteiger charge is 2.16. The maximum Gasteiger partial charge on any atom is 0.240 e. The Morgan fingerprint density at radius 2 is 1.76 bits per heavy atom. The normalized spacial score (nSPS) is 10.9. The van der Waals surface area contributed by atoms with Gasteiger partial charge < -0.3 is 19.9 Å². The van der Waals surface area contributed by atoms with E-state index in [9.17, 15) is 0 Å². The fraction of sp³-hybridized carbons (Fsp3) is 0.318. The number of hydrogen-bond donors (Lipinski definition) is 1. The topological polar surface area (TPSA) is 123 Å². The van der Waals surface area contributed by atoms with Gasteiger partial charge in [-0.25, -0.2) is 9.97 Å². The zero-order valence-corrected chi connectivity index (χ0v) is 19.9. The van der Waals surface area contributed by atoms with E-state index < -0.39 is 0 Å². The first-order valence-electron chi connectivity index (χ1n) is 10.2. The van der Waals surface area contributed by atoms with Crippen LogP contribution in [0.3, 0.4) is 0 Å². The lowest BCUT2D eigenvalue weighted by Crippen LogP contribution is -2.09. The molecule has 11 heteroatoms. The molecular formula is C22H25N7O3S. The molecule has 10 nitrogen and oxygen atoms in total. The van der Waals surface area contributed by atoms with Gasteiger partial charge >= 0.3 is 0 Å². The summed E-state index contributed by atoms with van der Waals surface area (Å²) in [6, 6.07) is 7.41. The van der Waals surface area contributed by atoms with Crippen LogP contribution in [0.5, 0.6) is 17.4 Å². The summed E-state index contributed by atoms with van der Waals surface area (Å²) in [6.07, 6.45) is 0.461. The average Bonchev–Trinajstić information content (AvgIpc) is 3.31. The molecule has 0 atom stereocenters. The van der Waals surface area contributed by atoms with Crippen molar-refractivity contribution in [2.24, 2.45) is 0 Å². The highest BCUT2D eigenvalue weighted by molar-refractivity contribution is 7.11. The molecule has 0 radical (unpaired) electrons. The van der Waals surface area contributed by atoms with Crippen LogP contribution < -0.4 is 19.9 Å². The summed E-state index contributed by atoms with van der Waals surface area (Å²) in [4.78, 5) is 18.8. The fourth-order valence-electron chi connectivity index (χ4n) is 3.39. The number of aryl methyl sites for hydroxylation is 3. The van der Waals surface area contributed by atoms with E-state index in [4.69, 9.17) is 19.9 Å². The summed E-state index contributed by atoms with van der Waals surface area (Å²) in [5.41, 5.74) is 7.85. The number of thiazole rings is 1. The summed E-state index contributed by atoms with van der Waals surface area (Å²) in [5, 5.41) is 5.35. The Kier molecular flexibility index (Phi) is 6.40. The van der Waals surface area contributed by atoms with Crippen LogP contribution in [-0.4, -0.2) is 43.9 Å². The molecule has 0 aliphatic heterocycles. The smallest absolute Gasteiger partial charge is 0.240 e. The molecule has 0 fully saturated rings. The molecule has 2 N–H and O–H groups in total. The maximum absolute atomic E-state index is 5.95. The molecule has 0 unspecified atom stereocenters. The second kappa shape index (κ2) is 9.41. The van der Waals surface area contributed by atoms with E-state index in [1.54, 1.807) is 43.2 Å². The van der Waals surface area contributed by atoms with Crippen LogP contribution in [0.15, 0.2) is 24.3 Å². The maximum atomic E-state index is 5.95. The molecular weight excluding hydrogens is 442 g/mol. The van der Waals surface area contributed by atoms with E-state index in [0.717, 1.165) is 21.1 Å². The van der Waals surface area contributed by atoms with Crippen molar-refractivity contribution in [3.63, 3.8) is 0 Å². The predicted molar refractivity (Wildman–Crippen MR) is 124 cm³/mol. The van der Waals surface area contributed by atoms with Gasteiger partial charge in [-0.3, -0.25) is 0 Å². The zero-order chi connectivity index (χ0) is 23.5. The van der Waals surface area contributed by atoms with Crippen LogP contribution in [0, 0.1) is 20.8 Å². The predicted octanol–water partition coefficient (Wildman–Crippen LogP) is 3.21. The van der Waals surface area contributed by atoms with Crippen LogP contribution in [0.2, 0.25) is 0 Å². The lowest BCUT2D eigenvalue weighted by molar-refractivity contribution is 0.294. The third-order valence-electron chi connectivity index (χ3n) is 4.87. The molecule has 4 aromatic rings. The second-order valence-electron chi connectivity index (χ2n) is 7.31. The van der Waals surface area contributed by atoms with Crippen molar-refractivity contribution >= 4 is 17.3 Å². The van der Waals surface area contributed by atoms with Crippen LogP contribution >= 0.6 is 11.3 Å². The first-order chi connectivity index (χ1) is 15.9. The molecule has 0 amide bonds. The van der Waals surface area contributed by atoms with Crippen molar-refractivity contribution in [1.29, 1.82) is 0 Å². The van der Waals surface area contributed by atoms with E-state index in [2.05, 4.69) is 25.0 Å². The van der Waals surface area contributed by atoms with Gasteiger partial charge in [-0.15, -0.1) is 16.4 Å². The third-order valence-corrected chi connectivity index (χ3v) is 5.92. The quantitative estimate of drug-likeness (QED) is 0.416. The van der Waals surface area contributed by atoms with Crippen LogP contribution in [0.1, 0.15) is 32.8 Å². The number of benzene rings is 1. The molecule has 0 aliphatic carbocycles. The molecule has 0 bridgehead atoms. The molecule has 172 valence electrons. The van der Waals surface area contributed by atoms with Gasteiger partial charge in [-0.05, 0) is 38.5 Å². The number of rotatable bonds is 8. The van der Waals surface area contributed by atoms with Gasteiger partial charge in [0.25, 0.3) is 0 Å². The molecule has 3 aromatic heterocycles. The molecule has 0 saturated heterocycles. The number of anilines is 1. The van der Waals surface area contributed by atoms with Gasteiger partial charge in [0.05, 0.1) is 29.8 Å². The van der Waals surface area contributed by atoms with E-state index in [1.807, 2.05) is 32.0 Å². The summed E-state index contributed by atoms with van der Waals surface area (Å²) in [6.45, 7) is 6.12. The molecule has 33 heavy (non-hydrogen) atoms. The highest BCUT2D eigenvalue weighted by atomic mass is 32.1. The molecule has 4 rings (SSSR count). The standard InChI is InChI=1S/C22H25N7O3S/c1-12-18(33-14(3)24-12)11-32-21-10-20(25-13(2)26-21)29-19(27-22(23)28-29)9-15-6-7-16(30-4)17(8-15)31-5/h6-8,10H,9,11H2,1-5H3,(H2,23,28). The number of nitrogens with zero attached hydrogens (tertiary/aromatic N) is 6. The van der Waals surface area contributed by atoms with E-state index >= 15 is 0 Å². The van der Waals surface area contributed by atoms with Crippen LogP contribution in [0.4, 0.5) is 5.95 Å². The zero-order valence-electron chi connectivity index (χ0n) is 19.1. The summed E-state index contributed by atoms with van der Waals surface area (Å²) in [7, 11) is 3.20. The van der Waals surface area contributed by atoms with E-state index in [1.165, 1.54) is 0 Å². The lowest BCUT2D eigenvalue weighted by atomic mass is 10.1. The van der Waals surface area contributed by atoms with Gasteiger partial charge in [0.1, 0.15) is 18.3 Å². The number of nitrogens with two attached hydrogens (primary N) is 1. The molecule has 0 aliphatic rings. The van der Waals surface area contributed by atoms with E-state index in [0.29, 0.717) is 47.9 Å². The Bertz CT molecular complexity index is 1290. The van der Waals surface area contributed by atoms with Gasteiger partial charge in [0.15, 0.2) is 17.3 Å². The Morgan fingerprint density at radius 3 is 2.45 bits per heavy atom. The van der Waals surface area contributed by atoms with Gasteiger partial charge in [-0.2, -0.15) is 14.6 Å². The monoisotopic (exact) mass is 467 g/mol. The number of nitrogen functional groups attached to an aromatic ring is 1. The van der Waals surface area contributed by atoms with Crippen LogP contribution in [0.25, 0.3) is 5.82 Å². The van der Waals surface area contributed by atoms with Gasteiger partial charge in [0.2, 0.25) is 11.8 Å². The van der Waals surface area contributed by atoms with Crippen molar-refractivity contribution in [2.75, 3.05) is 20.0 Å². The van der Waals surface area contributed by atoms with Gasteiger partial charge in [-0.1, -0.05) is 6.07 Å². The minimum absolute atomic E-state index is 0.153. The number of hydrogen-bond acceptors (Lipinski definition) is 10. The SMILES string of the molecule is COc1ccc(Cc2nc(N)nn2-c2cc(OCc3sc(C)nc3C)nc(C)n2)cc1OC. The highest BCUT2D eigenvalue weighted by Crippen LogP contribution is 2.29. The Hall–Kier alpha value is -3.73. The molecule has 1 aromatic carbocycles. The van der Waals surface area contributed by atoms with Crippen molar-refractivity contribution in [1.82, 2.24) is 29.7 Å². The van der Waals surface area contributed by atoms with Crippen LogP contribution in [-0.2, 0) is 13.0 Å². The number of ether oxygens (including phenoxy) is 3. The number of aromatic nitrogens is 6. The fourth-order valence-corrected chi connectivity index (χ4v) is 4.24. The Labute approximate surface area is 195 Å². The summed E-state index contributed by atoms with van der Waals surface area (Å²) in [5.74, 6) is 3.57. The largest absolute Gasteiger partial charge is 0.493 e. The lowest BCUT2D eigenvalue weighted by Gasteiger charge is -2.11. The second-order valence-corrected chi connectivity index (χ2v) is 8.59. The van der Waals surface area contributed by atoms with Gasteiger partial charge in [0, 0.05) is 12.5 Å². The van der Waals surface area contributed by atoms with E-state index in [-0.39, 0.29) is 5.95 Å². The Morgan fingerprint density at radius 1 is 0.970 bits per heavy atom.